The Labute approximate surface area is 211 Å². The molecule has 0 aromatic rings. The summed E-state index contributed by atoms with van der Waals surface area (Å²) < 4.78 is 0. The molecule has 0 heterocycles. The lowest BCUT2D eigenvalue weighted by Crippen LogP contribution is -2.50. The zero-order valence-corrected chi connectivity index (χ0v) is 22.7. The largest absolute Gasteiger partial charge is 0.394 e. The van der Waals surface area contributed by atoms with Gasteiger partial charge >= 0.3 is 0 Å². The van der Waals surface area contributed by atoms with E-state index < -0.39 is 18.2 Å². The van der Waals surface area contributed by atoms with E-state index in [2.05, 4.69) is 19.2 Å². The number of aliphatic hydroxyl groups is 3. The third kappa shape index (κ3) is 20.7. The number of hydrogen-bond donors (Lipinski definition) is 4. The Kier molecular flexibility index (Phi) is 25.0. The van der Waals surface area contributed by atoms with E-state index in [1.54, 1.807) is 0 Å². The molecule has 4 N–H and O–H groups in total. The lowest BCUT2D eigenvalue weighted by molar-refractivity contribution is -0.124. The smallest absolute Gasteiger partial charge is 0.220 e. The lowest BCUT2D eigenvalue weighted by Gasteiger charge is -2.26. The predicted octanol–water partition coefficient (Wildman–Crippen LogP) is 6.81. The van der Waals surface area contributed by atoms with Crippen molar-refractivity contribution >= 4 is 5.91 Å². The van der Waals surface area contributed by atoms with Gasteiger partial charge in [0.05, 0.1) is 18.8 Å². The van der Waals surface area contributed by atoms with Gasteiger partial charge in [0.25, 0.3) is 0 Å². The van der Waals surface area contributed by atoms with Gasteiger partial charge in [-0.3, -0.25) is 4.79 Å². The van der Waals surface area contributed by atoms with Gasteiger partial charge in [0.1, 0.15) is 6.10 Å². The number of carbonyl (C=O) groups is 1. The van der Waals surface area contributed by atoms with E-state index >= 15 is 0 Å². The third-order valence-corrected chi connectivity index (χ3v) is 6.96. The van der Waals surface area contributed by atoms with Crippen molar-refractivity contribution in [2.75, 3.05) is 6.61 Å². The number of rotatable bonds is 26. The van der Waals surface area contributed by atoms with Gasteiger partial charge in [0.2, 0.25) is 5.91 Å². The molecule has 0 saturated heterocycles. The standard InChI is InChI=1S/C29H59NO4/c1-3-5-7-9-11-13-14-15-16-17-19-21-23-27(32)29(34)26(25-31)30-28(33)24-22-20-18-12-10-8-6-4-2/h26-27,29,31-32,34H,3-25H2,1-2H3,(H,30,33)/t26-,27+,29-/m0/s1. The molecule has 5 heteroatoms. The summed E-state index contributed by atoms with van der Waals surface area (Å²) in [7, 11) is 0. The van der Waals surface area contributed by atoms with Gasteiger partial charge in [-0.05, 0) is 12.8 Å². The van der Waals surface area contributed by atoms with E-state index in [1.807, 2.05) is 0 Å². The minimum absolute atomic E-state index is 0.151. The second-order valence-electron chi connectivity index (χ2n) is 10.3. The fourth-order valence-electron chi connectivity index (χ4n) is 4.57. The molecule has 0 rings (SSSR count). The molecule has 0 fully saturated rings. The number of hydrogen-bond acceptors (Lipinski definition) is 4. The highest BCUT2D eigenvalue weighted by molar-refractivity contribution is 5.76. The first-order chi connectivity index (χ1) is 16.6. The summed E-state index contributed by atoms with van der Waals surface area (Å²) in [6, 6.07) is -0.797. The van der Waals surface area contributed by atoms with Crippen LogP contribution in [-0.2, 0) is 4.79 Å². The topological polar surface area (TPSA) is 89.8 Å². The summed E-state index contributed by atoms with van der Waals surface area (Å²) in [6.45, 7) is 4.11. The Morgan fingerprint density at radius 1 is 0.618 bits per heavy atom. The molecule has 0 unspecified atom stereocenters. The van der Waals surface area contributed by atoms with Crippen LogP contribution >= 0.6 is 0 Å². The van der Waals surface area contributed by atoms with Crippen molar-refractivity contribution in [3.8, 4) is 0 Å². The third-order valence-electron chi connectivity index (χ3n) is 6.96. The Morgan fingerprint density at radius 3 is 1.41 bits per heavy atom. The van der Waals surface area contributed by atoms with E-state index in [1.165, 1.54) is 89.9 Å². The van der Waals surface area contributed by atoms with Gasteiger partial charge < -0.3 is 20.6 Å². The molecule has 204 valence electrons. The van der Waals surface area contributed by atoms with Crippen LogP contribution in [0.4, 0.5) is 0 Å². The van der Waals surface area contributed by atoms with Gasteiger partial charge in [0, 0.05) is 6.42 Å². The van der Waals surface area contributed by atoms with Gasteiger partial charge in [-0.15, -0.1) is 0 Å². The van der Waals surface area contributed by atoms with Gasteiger partial charge in [-0.25, -0.2) is 0 Å². The van der Waals surface area contributed by atoms with Crippen LogP contribution < -0.4 is 5.32 Å². The molecule has 0 aliphatic heterocycles. The highest BCUT2D eigenvalue weighted by Gasteiger charge is 2.26. The Morgan fingerprint density at radius 2 is 1.00 bits per heavy atom. The summed E-state index contributed by atoms with van der Waals surface area (Å²) in [6.07, 6.45) is 23.3. The first-order valence-corrected chi connectivity index (χ1v) is 14.8. The molecular formula is C29H59NO4. The molecule has 34 heavy (non-hydrogen) atoms. The number of amides is 1. The number of unbranched alkanes of at least 4 members (excludes halogenated alkanes) is 18. The van der Waals surface area contributed by atoms with Crippen molar-refractivity contribution in [3.63, 3.8) is 0 Å². The first-order valence-electron chi connectivity index (χ1n) is 14.8. The molecular weight excluding hydrogens is 426 g/mol. The number of aliphatic hydroxyl groups excluding tert-OH is 3. The van der Waals surface area contributed by atoms with E-state index in [0.29, 0.717) is 12.8 Å². The molecule has 0 aromatic carbocycles. The van der Waals surface area contributed by atoms with Crippen molar-refractivity contribution in [2.24, 2.45) is 0 Å². The van der Waals surface area contributed by atoms with Crippen LogP contribution in [0.25, 0.3) is 0 Å². The van der Waals surface area contributed by atoms with Crippen LogP contribution in [0, 0.1) is 0 Å². The fourth-order valence-corrected chi connectivity index (χ4v) is 4.57. The Hall–Kier alpha value is -0.650. The lowest BCUT2D eigenvalue weighted by atomic mass is 9.99. The van der Waals surface area contributed by atoms with E-state index in [9.17, 15) is 20.1 Å². The van der Waals surface area contributed by atoms with Crippen LogP contribution in [0.3, 0.4) is 0 Å². The summed E-state index contributed by atoms with van der Waals surface area (Å²) in [5.74, 6) is -0.151. The summed E-state index contributed by atoms with van der Waals surface area (Å²) in [5, 5.41) is 33.0. The maximum Gasteiger partial charge on any atom is 0.220 e. The van der Waals surface area contributed by atoms with Crippen LogP contribution in [-0.4, -0.2) is 46.1 Å². The number of carbonyl (C=O) groups excluding carboxylic acids is 1. The second kappa shape index (κ2) is 25.4. The zero-order valence-electron chi connectivity index (χ0n) is 22.7. The normalized spacial score (nSPS) is 14.1. The Bertz CT molecular complexity index is 432. The summed E-state index contributed by atoms with van der Waals surface area (Å²) in [5.41, 5.74) is 0. The second-order valence-corrected chi connectivity index (χ2v) is 10.3. The van der Waals surface area contributed by atoms with Crippen LogP contribution in [0.1, 0.15) is 155 Å². The molecule has 1 amide bonds. The van der Waals surface area contributed by atoms with Crippen molar-refractivity contribution in [1.82, 2.24) is 5.32 Å². The number of nitrogens with one attached hydrogen (secondary N) is 1. The first kappa shape index (κ1) is 33.4. The van der Waals surface area contributed by atoms with Crippen LogP contribution in [0.2, 0.25) is 0 Å². The monoisotopic (exact) mass is 485 g/mol. The van der Waals surface area contributed by atoms with Crippen LogP contribution in [0.5, 0.6) is 0 Å². The molecule has 0 bridgehead atoms. The minimum Gasteiger partial charge on any atom is -0.394 e. The summed E-state index contributed by atoms with van der Waals surface area (Å²) in [4.78, 5) is 12.2. The molecule has 0 saturated carbocycles. The van der Waals surface area contributed by atoms with Crippen molar-refractivity contribution in [2.45, 2.75) is 173 Å². The molecule has 0 aliphatic rings. The minimum atomic E-state index is -1.12. The van der Waals surface area contributed by atoms with Crippen LogP contribution in [0.15, 0.2) is 0 Å². The zero-order chi connectivity index (χ0) is 25.3. The van der Waals surface area contributed by atoms with Crippen molar-refractivity contribution in [3.05, 3.63) is 0 Å². The maximum absolute atomic E-state index is 12.2. The van der Waals surface area contributed by atoms with Crippen molar-refractivity contribution < 1.29 is 20.1 Å². The highest BCUT2D eigenvalue weighted by atomic mass is 16.3. The Balaban J connectivity index is 3.75. The molecule has 0 aliphatic carbocycles. The molecule has 0 radical (unpaired) electrons. The average molecular weight is 486 g/mol. The quantitative estimate of drug-likeness (QED) is 0.101. The van der Waals surface area contributed by atoms with E-state index in [4.69, 9.17) is 0 Å². The molecule has 0 spiro atoms. The average Bonchev–Trinajstić information content (AvgIpc) is 2.84. The van der Waals surface area contributed by atoms with Gasteiger partial charge in [0.15, 0.2) is 0 Å². The molecule has 0 aromatic heterocycles. The maximum atomic E-state index is 12.2. The molecule has 3 atom stereocenters. The SMILES string of the molecule is CCCCCCCCCCCCCC[C@@H](O)[C@@H](O)[C@H](CO)NC(=O)CCCCCCCCCC. The highest BCUT2D eigenvalue weighted by Crippen LogP contribution is 2.15. The predicted molar refractivity (Wildman–Crippen MR) is 144 cm³/mol. The molecule has 5 nitrogen and oxygen atoms in total. The van der Waals surface area contributed by atoms with Crippen molar-refractivity contribution in [1.29, 1.82) is 0 Å². The van der Waals surface area contributed by atoms with E-state index in [-0.39, 0.29) is 12.5 Å². The van der Waals surface area contributed by atoms with Gasteiger partial charge in [-0.1, -0.05) is 136 Å². The summed E-state index contributed by atoms with van der Waals surface area (Å²) >= 11 is 0. The van der Waals surface area contributed by atoms with E-state index in [0.717, 1.165) is 38.5 Å². The van der Waals surface area contributed by atoms with Gasteiger partial charge in [-0.2, -0.15) is 0 Å². The fraction of sp³-hybridized carbons (Fsp3) is 0.966.